The van der Waals surface area contributed by atoms with Crippen molar-refractivity contribution in [3.63, 3.8) is 0 Å². The smallest absolute Gasteiger partial charge is 0.334 e. The standard InChI is InChI=1S/C28H40O5/c1-15-12-24(33-25(31)16(15)2)28(5,32)22-9-8-20-19-7-6-17-13-18(29)14-23(30)27(17,4)21(19)10-11-26(20,22)3/h6,18-22,24,29,32H,7-14H2,1-5H3. The van der Waals surface area contributed by atoms with Crippen LogP contribution in [0.3, 0.4) is 0 Å². The van der Waals surface area contributed by atoms with Gasteiger partial charge in [-0.15, -0.1) is 0 Å². The molecule has 1 heterocycles. The number of fused-ring (bicyclic) bond motifs is 5. The van der Waals surface area contributed by atoms with E-state index in [0.29, 0.717) is 36.2 Å². The molecule has 5 aliphatic rings. The second-order valence-electron chi connectivity index (χ2n) is 12.4. The van der Waals surface area contributed by atoms with Gasteiger partial charge in [0.25, 0.3) is 0 Å². The lowest BCUT2D eigenvalue weighted by Gasteiger charge is -2.58. The van der Waals surface area contributed by atoms with E-state index in [1.165, 1.54) is 0 Å². The molecule has 3 saturated carbocycles. The number of ketones is 1. The van der Waals surface area contributed by atoms with E-state index in [-0.39, 0.29) is 29.5 Å². The van der Waals surface area contributed by atoms with E-state index in [4.69, 9.17) is 4.74 Å². The zero-order valence-electron chi connectivity index (χ0n) is 20.8. The molecule has 0 aromatic heterocycles. The first-order chi connectivity index (χ1) is 15.4. The van der Waals surface area contributed by atoms with Gasteiger partial charge in [0.1, 0.15) is 17.5 Å². The Balaban J connectivity index is 1.43. The lowest BCUT2D eigenvalue weighted by Crippen LogP contribution is -2.58. The number of aliphatic hydroxyl groups is 2. The summed E-state index contributed by atoms with van der Waals surface area (Å²) in [6, 6.07) is 0. The highest BCUT2D eigenvalue weighted by atomic mass is 16.6. The van der Waals surface area contributed by atoms with E-state index in [2.05, 4.69) is 19.9 Å². The molecule has 5 nitrogen and oxygen atoms in total. The Morgan fingerprint density at radius 1 is 1.06 bits per heavy atom. The second kappa shape index (κ2) is 7.52. The Morgan fingerprint density at radius 2 is 1.79 bits per heavy atom. The summed E-state index contributed by atoms with van der Waals surface area (Å²) < 4.78 is 5.76. The Kier molecular flexibility index (Phi) is 5.31. The van der Waals surface area contributed by atoms with Crippen LogP contribution in [0, 0.1) is 34.5 Å². The summed E-state index contributed by atoms with van der Waals surface area (Å²) in [5.74, 6) is 1.15. The predicted octanol–water partition coefficient (Wildman–Crippen LogP) is 4.51. The molecule has 0 spiro atoms. The van der Waals surface area contributed by atoms with Crippen molar-refractivity contribution < 1.29 is 24.5 Å². The molecule has 0 amide bonds. The van der Waals surface area contributed by atoms with Gasteiger partial charge in [0.2, 0.25) is 0 Å². The van der Waals surface area contributed by atoms with Gasteiger partial charge in [0.15, 0.2) is 0 Å². The molecule has 182 valence electrons. The number of hydrogen-bond acceptors (Lipinski definition) is 5. The summed E-state index contributed by atoms with van der Waals surface area (Å²) in [5.41, 5.74) is 1.26. The van der Waals surface area contributed by atoms with Crippen LogP contribution in [0.5, 0.6) is 0 Å². The third-order valence-electron chi connectivity index (χ3n) is 11.0. The summed E-state index contributed by atoms with van der Waals surface area (Å²) in [4.78, 5) is 25.6. The molecule has 9 atom stereocenters. The molecule has 2 N–H and O–H groups in total. The molecule has 0 saturated heterocycles. The van der Waals surface area contributed by atoms with E-state index in [9.17, 15) is 19.8 Å². The van der Waals surface area contributed by atoms with Crippen molar-refractivity contribution in [3.05, 3.63) is 22.8 Å². The monoisotopic (exact) mass is 456 g/mol. The number of esters is 1. The quantitative estimate of drug-likeness (QED) is 0.472. The summed E-state index contributed by atoms with van der Waals surface area (Å²) in [5, 5.41) is 22.1. The van der Waals surface area contributed by atoms with Gasteiger partial charge < -0.3 is 14.9 Å². The number of cyclic esters (lactones) is 1. The maximum Gasteiger partial charge on any atom is 0.334 e. The Labute approximate surface area is 197 Å². The molecule has 4 aliphatic carbocycles. The normalized spacial score (nSPS) is 47.2. The highest BCUT2D eigenvalue weighted by Gasteiger charge is 2.64. The van der Waals surface area contributed by atoms with Gasteiger partial charge in [-0.3, -0.25) is 4.79 Å². The SMILES string of the molecule is CC1=C(C)C(=O)OC(C(C)(O)C2CCC3C4CC=C5CC(O)CC(=O)C5(C)C4CCC32C)C1. The van der Waals surface area contributed by atoms with Crippen LogP contribution in [-0.2, 0) is 14.3 Å². The topological polar surface area (TPSA) is 83.8 Å². The zero-order chi connectivity index (χ0) is 23.9. The fourth-order valence-electron chi connectivity index (χ4n) is 8.87. The van der Waals surface area contributed by atoms with Gasteiger partial charge in [-0.2, -0.15) is 0 Å². The number of Topliss-reactive ketones (excluding diaryl/α,β-unsaturated/α-hetero) is 1. The molecule has 5 rings (SSSR count). The largest absolute Gasteiger partial charge is 0.456 e. The van der Waals surface area contributed by atoms with E-state index in [1.54, 1.807) is 6.92 Å². The van der Waals surface area contributed by atoms with Crippen LogP contribution >= 0.6 is 0 Å². The van der Waals surface area contributed by atoms with Gasteiger partial charge in [-0.25, -0.2) is 4.79 Å². The van der Waals surface area contributed by atoms with Crippen LogP contribution < -0.4 is 0 Å². The minimum atomic E-state index is -1.09. The molecular formula is C28H40O5. The molecule has 0 aromatic rings. The van der Waals surface area contributed by atoms with Crippen molar-refractivity contribution in [3.8, 4) is 0 Å². The molecule has 9 unspecified atom stereocenters. The predicted molar refractivity (Wildman–Crippen MR) is 125 cm³/mol. The molecule has 1 aliphatic heterocycles. The molecule has 0 radical (unpaired) electrons. The van der Waals surface area contributed by atoms with Crippen LogP contribution in [0.25, 0.3) is 0 Å². The van der Waals surface area contributed by atoms with Crippen molar-refractivity contribution in [2.75, 3.05) is 0 Å². The minimum absolute atomic E-state index is 0.0416. The lowest BCUT2D eigenvalue weighted by molar-refractivity contribution is -0.182. The van der Waals surface area contributed by atoms with Gasteiger partial charge >= 0.3 is 5.97 Å². The fourth-order valence-corrected chi connectivity index (χ4v) is 8.87. The van der Waals surface area contributed by atoms with Crippen LogP contribution in [-0.4, -0.2) is 39.8 Å². The first-order valence-corrected chi connectivity index (χ1v) is 12.9. The van der Waals surface area contributed by atoms with Crippen molar-refractivity contribution in [2.24, 2.45) is 34.5 Å². The highest BCUT2D eigenvalue weighted by Crippen LogP contribution is 2.67. The minimum Gasteiger partial charge on any atom is -0.456 e. The van der Waals surface area contributed by atoms with Crippen LogP contribution in [0.1, 0.15) is 86.0 Å². The van der Waals surface area contributed by atoms with Gasteiger partial charge in [-0.1, -0.05) is 24.1 Å². The average molecular weight is 457 g/mol. The molecule has 5 heteroatoms. The van der Waals surface area contributed by atoms with Crippen LogP contribution in [0.15, 0.2) is 22.8 Å². The third-order valence-corrected chi connectivity index (χ3v) is 11.0. The van der Waals surface area contributed by atoms with E-state index in [1.807, 2.05) is 13.8 Å². The number of rotatable bonds is 2. The first-order valence-electron chi connectivity index (χ1n) is 12.9. The highest BCUT2D eigenvalue weighted by molar-refractivity contribution is 5.90. The Morgan fingerprint density at radius 3 is 2.48 bits per heavy atom. The van der Waals surface area contributed by atoms with Crippen LogP contribution in [0.4, 0.5) is 0 Å². The number of carbonyl (C=O) groups is 2. The third kappa shape index (κ3) is 3.17. The number of allylic oxidation sites excluding steroid dienone is 1. The summed E-state index contributed by atoms with van der Waals surface area (Å²) in [6.07, 6.45) is 7.60. The summed E-state index contributed by atoms with van der Waals surface area (Å²) >= 11 is 0. The fraction of sp³-hybridized carbons (Fsp3) is 0.786. The molecular weight excluding hydrogens is 416 g/mol. The van der Waals surface area contributed by atoms with Gasteiger partial charge in [0, 0.05) is 18.4 Å². The van der Waals surface area contributed by atoms with Gasteiger partial charge in [-0.05, 0) is 95.3 Å². The number of aliphatic hydroxyl groups excluding tert-OH is 1. The van der Waals surface area contributed by atoms with E-state index >= 15 is 0 Å². The first kappa shape index (κ1) is 23.3. The zero-order valence-corrected chi connectivity index (χ0v) is 20.8. The molecule has 0 bridgehead atoms. The van der Waals surface area contributed by atoms with Crippen molar-refractivity contribution in [1.29, 1.82) is 0 Å². The number of hydrogen-bond donors (Lipinski definition) is 2. The van der Waals surface area contributed by atoms with Crippen LogP contribution in [0.2, 0.25) is 0 Å². The van der Waals surface area contributed by atoms with Crippen molar-refractivity contribution >= 4 is 11.8 Å². The van der Waals surface area contributed by atoms with Gasteiger partial charge in [0.05, 0.1) is 11.5 Å². The van der Waals surface area contributed by atoms with E-state index < -0.39 is 23.2 Å². The summed E-state index contributed by atoms with van der Waals surface area (Å²) in [6.45, 7) is 10.1. The van der Waals surface area contributed by atoms with E-state index in [0.717, 1.165) is 43.3 Å². The molecule has 0 aromatic carbocycles. The average Bonchev–Trinajstić information content (AvgIpc) is 3.10. The number of ether oxygens (including phenoxy) is 1. The summed E-state index contributed by atoms with van der Waals surface area (Å²) in [7, 11) is 0. The molecule has 33 heavy (non-hydrogen) atoms. The van der Waals surface area contributed by atoms with Crippen molar-refractivity contribution in [1.82, 2.24) is 0 Å². The Hall–Kier alpha value is -1.46. The second-order valence-corrected chi connectivity index (χ2v) is 12.4. The van der Waals surface area contributed by atoms with Crippen molar-refractivity contribution in [2.45, 2.75) is 104 Å². The number of carbonyl (C=O) groups excluding carboxylic acids is 2. The maximum atomic E-state index is 13.2. The Bertz CT molecular complexity index is 944. The maximum absolute atomic E-state index is 13.2. The lowest BCUT2D eigenvalue weighted by atomic mass is 9.46. The molecule has 3 fully saturated rings.